The fourth-order valence-corrected chi connectivity index (χ4v) is 3.89. The minimum atomic E-state index is -0.503. The van der Waals surface area contributed by atoms with Gasteiger partial charge >= 0.3 is 5.97 Å². The van der Waals surface area contributed by atoms with Crippen LogP contribution in [0, 0.1) is 0 Å². The molecule has 172 valence electrons. The van der Waals surface area contributed by atoms with Gasteiger partial charge in [-0.1, -0.05) is 41.9 Å². The summed E-state index contributed by atoms with van der Waals surface area (Å²) < 4.78 is 27.4. The topological polar surface area (TPSA) is 80.3 Å². The van der Waals surface area contributed by atoms with Gasteiger partial charge in [0, 0.05) is 22.2 Å². The average Bonchev–Trinajstić information content (AvgIpc) is 3.16. The summed E-state index contributed by atoms with van der Waals surface area (Å²) in [6.45, 7) is 0.391. The first kappa shape index (κ1) is 22.0. The molecular weight excluding hydrogens is 460 g/mol. The minimum absolute atomic E-state index is 0.119. The van der Waals surface area contributed by atoms with E-state index >= 15 is 0 Å². The third-order valence-corrected chi connectivity index (χ3v) is 5.45. The number of carbonyl (C=O) groups is 2. The zero-order valence-corrected chi connectivity index (χ0v) is 18.7. The van der Waals surface area contributed by atoms with Crippen LogP contribution in [-0.4, -0.2) is 25.2 Å². The van der Waals surface area contributed by atoms with Gasteiger partial charge in [0.15, 0.2) is 19.2 Å². The van der Waals surface area contributed by atoms with Crippen molar-refractivity contribution in [3.8, 4) is 17.2 Å². The maximum Gasteiger partial charge on any atom is 0.344 e. The van der Waals surface area contributed by atoms with Gasteiger partial charge in [0.2, 0.25) is 5.78 Å². The molecule has 0 atom stereocenters. The molecule has 0 radical (unpaired) electrons. The standard InChI is InChI=1S/C26H19ClO7/c27-19-8-17(26-18(9-19)13-30-15-33-26)10-23-25(29)21-7-6-20(11-22(21)34-23)31-14-24(28)32-12-16-4-2-1-3-5-16/h1-11H,12-15H2. The Morgan fingerprint density at radius 1 is 1.09 bits per heavy atom. The van der Waals surface area contributed by atoms with Crippen molar-refractivity contribution < 1.29 is 33.3 Å². The largest absolute Gasteiger partial charge is 0.482 e. The Morgan fingerprint density at radius 2 is 1.94 bits per heavy atom. The van der Waals surface area contributed by atoms with Crippen molar-refractivity contribution in [3.05, 3.63) is 93.7 Å². The summed E-state index contributed by atoms with van der Waals surface area (Å²) in [5, 5.41) is 0.498. The molecule has 0 saturated heterocycles. The molecule has 2 aliphatic heterocycles. The molecule has 0 bridgehead atoms. The van der Waals surface area contributed by atoms with E-state index in [2.05, 4.69) is 0 Å². The molecule has 0 fully saturated rings. The summed E-state index contributed by atoms with van der Waals surface area (Å²) >= 11 is 6.21. The molecular formula is C26H19ClO7. The fraction of sp³-hybridized carbons (Fsp3) is 0.154. The SMILES string of the molecule is O=C(COc1ccc2c(c1)OC(=Cc1cc(Cl)cc3c1OCOC3)C2=O)OCc1ccccc1. The zero-order chi connectivity index (χ0) is 23.5. The lowest BCUT2D eigenvalue weighted by atomic mass is 10.1. The van der Waals surface area contributed by atoms with Crippen molar-refractivity contribution in [1.29, 1.82) is 0 Å². The second-order valence-electron chi connectivity index (χ2n) is 7.63. The van der Waals surface area contributed by atoms with Gasteiger partial charge in [-0.25, -0.2) is 4.79 Å². The minimum Gasteiger partial charge on any atom is -0.482 e. The highest BCUT2D eigenvalue weighted by atomic mass is 35.5. The molecule has 0 spiro atoms. The molecule has 8 heteroatoms. The molecule has 0 saturated carbocycles. The molecule has 2 heterocycles. The summed E-state index contributed by atoms with van der Waals surface area (Å²) in [6, 6.07) is 17.6. The Labute approximate surface area is 200 Å². The Kier molecular flexibility index (Phi) is 6.20. The number of esters is 1. The van der Waals surface area contributed by atoms with Crippen molar-refractivity contribution in [1.82, 2.24) is 0 Å². The number of ether oxygens (including phenoxy) is 5. The fourth-order valence-electron chi connectivity index (χ4n) is 3.64. The van der Waals surface area contributed by atoms with E-state index in [0.717, 1.165) is 11.1 Å². The van der Waals surface area contributed by atoms with Crippen molar-refractivity contribution in [2.45, 2.75) is 13.2 Å². The summed E-state index contributed by atoms with van der Waals surface area (Å²) in [6.07, 6.45) is 1.60. The van der Waals surface area contributed by atoms with Crippen LogP contribution >= 0.6 is 11.6 Å². The second kappa shape index (κ2) is 9.59. The number of carbonyl (C=O) groups excluding carboxylic acids is 2. The number of Topliss-reactive ketones (excluding diaryl/α,β-unsaturated/α-hetero) is 1. The monoisotopic (exact) mass is 478 g/mol. The van der Waals surface area contributed by atoms with Gasteiger partial charge in [-0.15, -0.1) is 0 Å². The molecule has 0 unspecified atom stereocenters. The van der Waals surface area contributed by atoms with E-state index in [0.29, 0.717) is 40.0 Å². The van der Waals surface area contributed by atoms with Crippen LogP contribution in [0.2, 0.25) is 5.02 Å². The van der Waals surface area contributed by atoms with Crippen LogP contribution < -0.4 is 14.2 Å². The lowest BCUT2D eigenvalue weighted by molar-refractivity contribution is -0.147. The molecule has 7 nitrogen and oxygen atoms in total. The molecule has 3 aromatic rings. The highest BCUT2D eigenvalue weighted by Crippen LogP contribution is 2.38. The maximum atomic E-state index is 12.8. The first-order valence-electron chi connectivity index (χ1n) is 10.5. The van der Waals surface area contributed by atoms with Gasteiger partial charge in [0.25, 0.3) is 0 Å². The number of hydrogen-bond acceptors (Lipinski definition) is 7. The van der Waals surface area contributed by atoms with E-state index in [4.69, 9.17) is 35.3 Å². The zero-order valence-electron chi connectivity index (χ0n) is 17.9. The van der Waals surface area contributed by atoms with Crippen LogP contribution in [0.4, 0.5) is 0 Å². The molecule has 0 N–H and O–H groups in total. The smallest absolute Gasteiger partial charge is 0.344 e. The molecule has 3 aromatic carbocycles. The van der Waals surface area contributed by atoms with E-state index in [9.17, 15) is 9.59 Å². The van der Waals surface area contributed by atoms with Gasteiger partial charge in [0.1, 0.15) is 23.9 Å². The number of ketones is 1. The van der Waals surface area contributed by atoms with E-state index in [-0.39, 0.29) is 31.5 Å². The highest BCUT2D eigenvalue weighted by Gasteiger charge is 2.29. The quantitative estimate of drug-likeness (QED) is 0.366. The second-order valence-corrected chi connectivity index (χ2v) is 8.06. The number of hydrogen-bond donors (Lipinski definition) is 0. The van der Waals surface area contributed by atoms with Crippen LogP contribution in [0.15, 0.2) is 66.4 Å². The summed E-state index contributed by atoms with van der Waals surface area (Å²) in [5.74, 6) is 0.681. The van der Waals surface area contributed by atoms with Crippen LogP contribution in [-0.2, 0) is 27.5 Å². The van der Waals surface area contributed by atoms with Crippen LogP contribution in [0.3, 0.4) is 0 Å². The van der Waals surface area contributed by atoms with E-state index in [1.807, 2.05) is 30.3 Å². The first-order valence-corrected chi connectivity index (χ1v) is 10.9. The number of benzene rings is 3. The van der Waals surface area contributed by atoms with Crippen molar-refractivity contribution >= 4 is 29.4 Å². The van der Waals surface area contributed by atoms with E-state index in [1.54, 1.807) is 36.4 Å². The molecule has 5 rings (SSSR count). The Balaban J connectivity index is 1.26. The molecule has 0 amide bonds. The molecule has 0 aromatic heterocycles. The lowest BCUT2D eigenvalue weighted by Gasteiger charge is -2.20. The van der Waals surface area contributed by atoms with Crippen LogP contribution in [0.1, 0.15) is 27.0 Å². The van der Waals surface area contributed by atoms with E-state index < -0.39 is 5.97 Å². The summed E-state index contributed by atoms with van der Waals surface area (Å²) in [7, 11) is 0. The predicted octanol–water partition coefficient (Wildman–Crippen LogP) is 4.94. The van der Waals surface area contributed by atoms with Crippen LogP contribution in [0.25, 0.3) is 6.08 Å². The normalized spacial score (nSPS) is 15.2. The van der Waals surface area contributed by atoms with Crippen molar-refractivity contribution in [2.24, 2.45) is 0 Å². The van der Waals surface area contributed by atoms with Gasteiger partial charge in [-0.3, -0.25) is 4.79 Å². The highest BCUT2D eigenvalue weighted by molar-refractivity contribution is 6.31. The molecule has 2 aliphatic rings. The Bertz CT molecular complexity index is 1280. The van der Waals surface area contributed by atoms with Gasteiger partial charge in [-0.2, -0.15) is 0 Å². The third-order valence-electron chi connectivity index (χ3n) is 5.23. The Morgan fingerprint density at radius 3 is 2.79 bits per heavy atom. The number of fused-ring (bicyclic) bond motifs is 2. The maximum absolute atomic E-state index is 12.8. The van der Waals surface area contributed by atoms with E-state index in [1.165, 1.54) is 0 Å². The summed E-state index contributed by atoms with van der Waals surface area (Å²) in [5.41, 5.74) is 2.70. The molecule has 0 aliphatic carbocycles. The lowest BCUT2D eigenvalue weighted by Crippen LogP contribution is -2.14. The van der Waals surface area contributed by atoms with Crippen molar-refractivity contribution in [3.63, 3.8) is 0 Å². The third kappa shape index (κ3) is 4.76. The average molecular weight is 479 g/mol. The van der Waals surface area contributed by atoms with Gasteiger partial charge in [0.05, 0.1) is 12.2 Å². The van der Waals surface area contributed by atoms with Crippen LogP contribution in [0.5, 0.6) is 17.2 Å². The first-order chi connectivity index (χ1) is 16.6. The summed E-state index contributed by atoms with van der Waals surface area (Å²) in [4.78, 5) is 24.8. The van der Waals surface area contributed by atoms with Gasteiger partial charge in [-0.05, 0) is 35.9 Å². The number of allylic oxidation sites excluding steroid dienone is 1. The molecule has 34 heavy (non-hydrogen) atoms. The van der Waals surface area contributed by atoms with Gasteiger partial charge < -0.3 is 23.7 Å². The Hall–Kier alpha value is -3.81. The predicted molar refractivity (Wildman–Crippen MR) is 123 cm³/mol. The van der Waals surface area contributed by atoms with Crippen molar-refractivity contribution in [2.75, 3.05) is 13.4 Å². The number of rotatable bonds is 6. The number of halogens is 1.